The summed E-state index contributed by atoms with van der Waals surface area (Å²) in [5, 5.41) is 1.55. The largest absolute Gasteiger partial charge is 0.289 e. The molecular weight excluding hydrogens is 246 g/mol. The van der Waals surface area contributed by atoms with Gasteiger partial charge in [0, 0.05) is 27.1 Å². The van der Waals surface area contributed by atoms with Gasteiger partial charge >= 0.3 is 0 Å². The number of amides is 3. The van der Waals surface area contributed by atoms with Crippen molar-refractivity contribution in [3.8, 4) is 0 Å². The summed E-state index contributed by atoms with van der Waals surface area (Å²) in [6.07, 6.45) is 3.84. The van der Waals surface area contributed by atoms with Gasteiger partial charge in [-0.2, -0.15) is 0 Å². The zero-order valence-corrected chi connectivity index (χ0v) is 11.5. The number of nitrogens with one attached hydrogen (secondary N) is 1. The standard InChI is InChI=1S/C13H21N3O3/c1-15(2)14-11(17)7-8-16-12(18)9-5-3-4-6-10(9)13(16)19/h9-10H,3-8H2,1-2H3,(H,14,17)/t9-,10-/m0/s1. The lowest BCUT2D eigenvalue weighted by Crippen LogP contribution is -2.39. The number of nitrogens with zero attached hydrogens (tertiary/aromatic N) is 2. The van der Waals surface area contributed by atoms with Crippen molar-refractivity contribution in [1.29, 1.82) is 0 Å². The maximum Gasteiger partial charge on any atom is 0.236 e. The predicted octanol–water partition coefficient (Wildman–Crippen LogP) is 0.144. The van der Waals surface area contributed by atoms with Crippen molar-refractivity contribution in [1.82, 2.24) is 15.3 Å². The highest BCUT2D eigenvalue weighted by atomic mass is 16.2. The van der Waals surface area contributed by atoms with Gasteiger partial charge in [0.1, 0.15) is 0 Å². The van der Waals surface area contributed by atoms with Crippen molar-refractivity contribution < 1.29 is 14.4 Å². The van der Waals surface area contributed by atoms with E-state index in [0.29, 0.717) is 0 Å². The Morgan fingerprint density at radius 3 is 2.21 bits per heavy atom. The minimum absolute atomic E-state index is 0.0765. The Bertz CT molecular complexity index is 371. The summed E-state index contributed by atoms with van der Waals surface area (Å²) in [4.78, 5) is 37.1. The molecule has 0 bridgehead atoms. The molecule has 0 spiro atoms. The quantitative estimate of drug-likeness (QED) is 0.581. The first-order chi connectivity index (χ1) is 9.00. The molecule has 1 heterocycles. The topological polar surface area (TPSA) is 69.7 Å². The van der Waals surface area contributed by atoms with Gasteiger partial charge in [0.2, 0.25) is 17.7 Å². The molecule has 1 saturated carbocycles. The highest BCUT2D eigenvalue weighted by Crippen LogP contribution is 2.37. The number of hydrogen-bond acceptors (Lipinski definition) is 4. The van der Waals surface area contributed by atoms with E-state index in [-0.39, 0.29) is 42.5 Å². The average Bonchev–Trinajstić information content (AvgIpc) is 2.60. The van der Waals surface area contributed by atoms with E-state index in [4.69, 9.17) is 0 Å². The number of carbonyl (C=O) groups excluding carboxylic acids is 3. The summed E-state index contributed by atoms with van der Waals surface area (Å²) in [6.45, 7) is 0.199. The third-order valence-electron chi connectivity index (χ3n) is 3.84. The minimum Gasteiger partial charge on any atom is -0.289 e. The first-order valence-electron chi connectivity index (χ1n) is 6.82. The van der Waals surface area contributed by atoms with Gasteiger partial charge in [0.15, 0.2) is 0 Å². The van der Waals surface area contributed by atoms with Crippen molar-refractivity contribution in [2.75, 3.05) is 20.6 Å². The van der Waals surface area contributed by atoms with Crippen LogP contribution in [0.25, 0.3) is 0 Å². The highest BCUT2D eigenvalue weighted by molar-refractivity contribution is 6.05. The van der Waals surface area contributed by atoms with E-state index in [9.17, 15) is 14.4 Å². The molecule has 1 aliphatic heterocycles. The maximum atomic E-state index is 12.1. The van der Waals surface area contributed by atoms with Crippen LogP contribution < -0.4 is 5.43 Å². The van der Waals surface area contributed by atoms with E-state index >= 15 is 0 Å². The average molecular weight is 267 g/mol. The molecule has 3 amide bonds. The third-order valence-corrected chi connectivity index (χ3v) is 3.84. The number of hydrazine groups is 1. The Labute approximate surface area is 113 Å². The first kappa shape index (κ1) is 14.0. The zero-order chi connectivity index (χ0) is 14.0. The molecule has 1 saturated heterocycles. The van der Waals surface area contributed by atoms with Crippen LogP contribution in [0.3, 0.4) is 0 Å². The highest BCUT2D eigenvalue weighted by Gasteiger charge is 2.47. The molecule has 2 atom stereocenters. The van der Waals surface area contributed by atoms with E-state index in [2.05, 4.69) is 5.43 Å². The Hall–Kier alpha value is -1.43. The summed E-state index contributed by atoms with van der Waals surface area (Å²) in [5.74, 6) is -0.587. The number of imide groups is 1. The van der Waals surface area contributed by atoms with Crippen LogP contribution in [0.1, 0.15) is 32.1 Å². The predicted molar refractivity (Wildman–Crippen MR) is 68.6 cm³/mol. The molecule has 1 aliphatic carbocycles. The monoisotopic (exact) mass is 267 g/mol. The van der Waals surface area contributed by atoms with Gasteiger partial charge in [-0.3, -0.25) is 24.7 Å². The van der Waals surface area contributed by atoms with Gasteiger partial charge < -0.3 is 0 Å². The molecule has 1 N–H and O–H groups in total. The van der Waals surface area contributed by atoms with Crippen LogP contribution in [0.2, 0.25) is 0 Å². The molecule has 19 heavy (non-hydrogen) atoms. The van der Waals surface area contributed by atoms with Crippen molar-refractivity contribution >= 4 is 17.7 Å². The molecule has 2 aliphatic rings. The summed E-state index contributed by atoms with van der Waals surface area (Å²) in [5.41, 5.74) is 2.60. The van der Waals surface area contributed by atoms with Gasteiger partial charge in [-0.15, -0.1) is 0 Å². The second kappa shape index (κ2) is 5.69. The van der Waals surface area contributed by atoms with Crippen LogP contribution in [-0.2, 0) is 14.4 Å². The molecule has 0 radical (unpaired) electrons. The van der Waals surface area contributed by atoms with Gasteiger partial charge in [0.05, 0.1) is 11.8 Å². The first-order valence-corrected chi connectivity index (χ1v) is 6.82. The van der Waals surface area contributed by atoms with Crippen LogP contribution in [0.15, 0.2) is 0 Å². The van der Waals surface area contributed by atoms with Crippen LogP contribution in [0.4, 0.5) is 0 Å². The fraction of sp³-hybridized carbons (Fsp3) is 0.769. The molecule has 0 aromatic rings. The summed E-state index contributed by atoms with van der Waals surface area (Å²) >= 11 is 0. The van der Waals surface area contributed by atoms with E-state index in [1.807, 2.05) is 0 Å². The number of hydrogen-bond donors (Lipinski definition) is 1. The van der Waals surface area contributed by atoms with Gasteiger partial charge in [-0.05, 0) is 12.8 Å². The molecular formula is C13H21N3O3. The molecule has 106 valence electrons. The van der Waals surface area contributed by atoms with Crippen molar-refractivity contribution in [3.05, 3.63) is 0 Å². The van der Waals surface area contributed by atoms with Crippen LogP contribution >= 0.6 is 0 Å². The number of rotatable bonds is 4. The Morgan fingerprint density at radius 1 is 1.21 bits per heavy atom. The second-order valence-corrected chi connectivity index (χ2v) is 5.50. The molecule has 2 fully saturated rings. The SMILES string of the molecule is CN(C)NC(=O)CCN1C(=O)[C@H]2CCCC[C@@H]2C1=O. The van der Waals surface area contributed by atoms with E-state index in [0.717, 1.165) is 25.7 Å². The molecule has 0 unspecified atom stereocenters. The van der Waals surface area contributed by atoms with Crippen molar-refractivity contribution in [2.24, 2.45) is 11.8 Å². The fourth-order valence-corrected chi connectivity index (χ4v) is 2.97. The second-order valence-electron chi connectivity index (χ2n) is 5.50. The maximum absolute atomic E-state index is 12.1. The van der Waals surface area contributed by atoms with E-state index in [1.54, 1.807) is 19.1 Å². The van der Waals surface area contributed by atoms with Gasteiger partial charge in [-0.25, -0.2) is 5.01 Å². The molecule has 2 rings (SSSR count). The van der Waals surface area contributed by atoms with Crippen molar-refractivity contribution in [3.63, 3.8) is 0 Å². The van der Waals surface area contributed by atoms with Crippen LogP contribution in [-0.4, -0.2) is 48.3 Å². The lowest BCUT2D eigenvalue weighted by Gasteiger charge is -2.19. The molecule has 0 aromatic carbocycles. The lowest BCUT2D eigenvalue weighted by molar-refractivity contribution is -0.140. The summed E-state index contributed by atoms with van der Waals surface area (Å²) < 4.78 is 0. The lowest BCUT2D eigenvalue weighted by atomic mass is 9.81. The van der Waals surface area contributed by atoms with Crippen molar-refractivity contribution in [2.45, 2.75) is 32.1 Å². The smallest absolute Gasteiger partial charge is 0.236 e. The summed E-state index contributed by atoms with van der Waals surface area (Å²) in [7, 11) is 3.44. The Balaban J connectivity index is 1.92. The number of carbonyl (C=O) groups is 3. The van der Waals surface area contributed by atoms with Crippen LogP contribution in [0.5, 0.6) is 0 Å². The van der Waals surface area contributed by atoms with Crippen LogP contribution in [0, 0.1) is 11.8 Å². The normalized spacial score (nSPS) is 26.8. The van der Waals surface area contributed by atoms with Gasteiger partial charge in [0.25, 0.3) is 0 Å². The fourth-order valence-electron chi connectivity index (χ4n) is 2.97. The molecule has 0 aromatic heterocycles. The third kappa shape index (κ3) is 2.94. The van der Waals surface area contributed by atoms with Gasteiger partial charge in [-0.1, -0.05) is 12.8 Å². The Kier molecular flexibility index (Phi) is 4.19. The molecule has 6 heteroatoms. The van der Waals surface area contributed by atoms with E-state index in [1.165, 1.54) is 4.90 Å². The minimum atomic E-state index is -0.180. The summed E-state index contributed by atoms with van der Waals surface area (Å²) in [6, 6.07) is 0. The number of fused-ring (bicyclic) bond motifs is 1. The van der Waals surface area contributed by atoms with E-state index < -0.39 is 0 Å². The molecule has 6 nitrogen and oxygen atoms in total. The Morgan fingerprint density at radius 2 is 1.74 bits per heavy atom. The number of likely N-dealkylation sites (tertiary alicyclic amines) is 1. The zero-order valence-electron chi connectivity index (χ0n) is 11.5.